The standard InChI is InChI=1S/C17H25ClN4O3/c1-20(2)12-14-9-17(16(24)25-14)4-7-21(8-5-17)15(23)3-6-22-11-13(18)10-19-22/h10-11,14H,3-9,12H2,1-2H3. The summed E-state index contributed by atoms with van der Waals surface area (Å²) in [6.45, 7) is 2.49. The summed E-state index contributed by atoms with van der Waals surface area (Å²) in [5.41, 5.74) is -0.396. The fraction of sp³-hybridized carbons (Fsp3) is 0.706. The van der Waals surface area contributed by atoms with E-state index in [4.69, 9.17) is 16.3 Å². The first-order chi connectivity index (χ1) is 11.9. The maximum atomic E-state index is 12.4. The number of carbonyl (C=O) groups is 2. The molecule has 0 N–H and O–H groups in total. The minimum atomic E-state index is -0.396. The van der Waals surface area contributed by atoms with Gasteiger partial charge in [-0.1, -0.05) is 11.6 Å². The van der Waals surface area contributed by atoms with E-state index in [1.807, 2.05) is 23.9 Å². The zero-order chi connectivity index (χ0) is 18.0. The molecule has 3 rings (SSSR count). The number of carbonyl (C=O) groups excluding carboxylic acids is 2. The second-order valence-electron chi connectivity index (χ2n) is 7.33. The fourth-order valence-electron chi connectivity index (χ4n) is 3.77. The summed E-state index contributed by atoms with van der Waals surface area (Å²) in [5, 5.41) is 4.65. The minimum absolute atomic E-state index is 0.0330. The van der Waals surface area contributed by atoms with Crippen molar-refractivity contribution >= 4 is 23.5 Å². The van der Waals surface area contributed by atoms with E-state index in [2.05, 4.69) is 5.10 Å². The van der Waals surface area contributed by atoms with Crippen molar-refractivity contribution < 1.29 is 14.3 Å². The normalized spacial score (nSPS) is 22.6. The molecule has 2 aliphatic heterocycles. The monoisotopic (exact) mass is 368 g/mol. The summed E-state index contributed by atoms with van der Waals surface area (Å²) in [6, 6.07) is 0. The van der Waals surface area contributed by atoms with Crippen LogP contribution in [0, 0.1) is 5.41 Å². The van der Waals surface area contributed by atoms with Gasteiger partial charge in [0.05, 0.1) is 16.6 Å². The summed E-state index contributed by atoms with van der Waals surface area (Å²) in [5.74, 6) is 0.00955. The van der Waals surface area contributed by atoms with Crippen molar-refractivity contribution in [2.24, 2.45) is 5.41 Å². The Labute approximate surface area is 152 Å². The number of piperidine rings is 1. The number of aryl methyl sites for hydroxylation is 1. The van der Waals surface area contributed by atoms with Gasteiger partial charge in [-0.3, -0.25) is 14.3 Å². The van der Waals surface area contributed by atoms with E-state index in [0.29, 0.717) is 43.9 Å². The van der Waals surface area contributed by atoms with Crippen molar-refractivity contribution in [1.29, 1.82) is 0 Å². The maximum absolute atomic E-state index is 12.4. The summed E-state index contributed by atoms with van der Waals surface area (Å²) >= 11 is 5.83. The molecule has 1 atom stereocenters. The van der Waals surface area contributed by atoms with Crippen molar-refractivity contribution in [2.75, 3.05) is 33.7 Å². The van der Waals surface area contributed by atoms with Crippen LogP contribution >= 0.6 is 11.6 Å². The van der Waals surface area contributed by atoms with Gasteiger partial charge in [-0.05, 0) is 26.9 Å². The van der Waals surface area contributed by atoms with Gasteiger partial charge in [-0.2, -0.15) is 5.10 Å². The molecule has 0 aliphatic carbocycles. The average molecular weight is 369 g/mol. The molecule has 0 bridgehead atoms. The minimum Gasteiger partial charge on any atom is -0.461 e. The molecule has 0 aromatic carbocycles. The van der Waals surface area contributed by atoms with Gasteiger partial charge >= 0.3 is 5.97 Å². The highest BCUT2D eigenvalue weighted by Crippen LogP contribution is 2.43. The van der Waals surface area contributed by atoms with Crippen molar-refractivity contribution in [2.45, 2.75) is 38.3 Å². The lowest BCUT2D eigenvalue weighted by Gasteiger charge is -2.36. The highest BCUT2D eigenvalue weighted by atomic mass is 35.5. The summed E-state index contributed by atoms with van der Waals surface area (Å²) in [4.78, 5) is 28.7. The number of ether oxygens (including phenoxy) is 1. The molecule has 1 spiro atoms. The van der Waals surface area contributed by atoms with Gasteiger partial charge in [0.2, 0.25) is 5.91 Å². The van der Waals surface area contributed by atoms with E-state index < -0.39 is 5.41 Å². The molecule has 2 saturated heterocycles. The van der Waals surface area contributed by atoms with E-state index in [1.165, 1.54) is 0 Å². The number of nitrogens with zero attached hydrogens (tertiary/aromatic N) is 4. The van der Waals surface area contributed by atoms with Crippen LogP contribution in [0.3, 0.4) is 0 Å². The van der Waals surface area contributed by atoms with E-state index in [-0.39, 0.29) is 18.0 Å². The highest BCUT2D eigenvalue weighted by Gasteiger charge is 2.50. The smallest absolute Gasteiger partial charge is 0.312 e. The third kappa shape index (κ3) is 4.15. The Hall–Kier alpha value is -1.60. The average Bonchev–Trinajstić information content (AvgIpc) is 3.09. The van der Waals surface area contributed by atoms with Gasteiger partial charge < -0.3 is 14.5 Å². The quantitative estimate of drug-likeness (QED) is 0.735. The molecule has 2 aliphatic rings. The predicted molar refractivity (Wildman–Crippen MR) is 93.2 cm³/mol. The number of likely N-dealkylation sites (N-methyl/N-ethyl adjacent to an activating group) is 1. The Bertz CT molecular complexity index is 638. The lowest BCUT2D eigenvalue weighted by atomic mass is 9.76. The van der Waals surface area contributed by atoms with Gasteiger partial charge in [0.25, 0.3) is 0 Å². The third-order valence-electron chi connectivity index (χ3n) is 5.12. The second kappa shape index (κ2) is 7.33. The van der Waals surface area contributed by atoms with Gasteiger partial charge in [0.1, 0.15) is 6.10 Å². The van der Waals surface area contributed by atoms with Crippen molar-refractivity contribution in [1.82, 2.24) is 19.6 Å². The molecule has 1 unspecified atom stereocenters. The van der Waals surface area contributed by atoms with Crippen LogP contribution in [0.4, 0.5) is 0 Å². The number of rotatable bonds is 5. The Morgan fingerprint density at radius 1 is 1.44 bits per heavy atom. The van der Waals surface area contributed by atoms with Gasteiger partial charge in [-0.15, -0.1) is 0 Å². The Morgan fingerprint density at radius 3 is 2.76 bits per heavy atom. The largest absolute Gasteiger partial charge is 0.461 e. The Kier molecular flexibility index (Phi) is 5.34. The summed E-state index contributed by atoms with van der Waals surface area (Å²) in [7, 11) is 3.96. The first kappa shape index (κ1) is 18.2. The zero-order valence-electron chi connectivity index (χ0n) is 14.8. The van der Waals surface area contributed by atoms with Gasteiger partial charge in [-0.25, -0.2) is 0 Å². The molecule has 0 saturated carbocycles. The number of halogens is 1. The van der Waals surface area contributed by atoms with Crippen LogP contribution in [0.2, 0.25) is 5.02 Å². The summed E-state index contributed by atoms with van der Waals surface area (Å²) in [6.07, 6.45) is 5.77. The highest BCUT2D eigenvalue weighted by molar-refractivity contribution is 6.30. The van der Waals surface area contributed by atoms with Crippen LogP contribution in [0.25, 0.3) is 0 Å². The van der Waals surface area contributed by atoms with E-state index in [1.54, 1.807) is 17.1 Å². The number of cyclic esters (lactones) is 1. The molecule has 0 radical (unpaired) electrons. The van der Waals surface area contributed by atoms with E-state index >= 15 is 0 Å². The molecule has 138 valence electrons. The van der Waals surface area contributed by atoms with Crippen LogP contribution in [0.1, 0.15) is 25.7 Å². The molecule has 7 nitrogen and oxygen atoms in total. The van der Waals surface area contributed by atoms with Crippen LogP contribution in [0.5, 0.6) is 0 Å². The third-order valence-corrected chi connectivity index (χ3v) is 5.32. The van der Waals surface area contributed by atoms with Crippen LogP contribution in [0.15, 0.2) is 12.4 Å². The van der Waals surface area contributed by atoms with Crippen LogP contribution in [-0.2, 0) is 20.9 Å². The van der Waals surface area contributed by atoms with Gasteiger partial charge in [0.15, 0.2) is 0 Å². The number of aromatic nitrogens is 2. The molecule has 8 heteroatoms. The maximum Gasteiger partial charge on any atom is 0.312 e. The van der Waals surface area contributed by atoms with Crippen molar-refractivity contribution in [3.63, 3.8) is 0 Å². The number of hydrogen-bond donors (Lipinski definition) is 0. The molecule has 2 fully saturated rings. The van der Waals surface area contributed by atoms with Crippen molar-refractivity contribution in [3.05, 3.63) is 17.4 Å². The van der Waals surface area contributed by atoms with Crippen LogP contribution < -0.4 is 0 Å². The molecule has 25 heavy (non-hydrogen) atoms. The van der Waals surface area contributed by atoms with E-state index in [9.17, 15) is 9.59 Å². The number of hydrogen-bond acceptors (Lipinski definition) is 5. The van der Waals surface area contributed by atoms with E-state index in [0.717, 1.165) is 13.0 Å². The lowest BCUT2D eigenvalue weighted by molar-refractivity contribution is -0.152. The molecular weight excluding hydrogens is 344 g/mol. The summed E-state index contributed by atoms with van der Waals surface area (Å²) < 4.78 is 7.23. The fourth-order valence-corrected chi connectivity index (χ4v) is 3.92. The molecular formula is C17H25ClN4O3. The first-order valence-electron chi connectivity index (χ1n) is 8.69. The number of esters is 1. The Balaban J connectivity index is 1.49. The van der Waals surface area contributed by atoms with Crippen molar-refractivity contribution in [3.8, 4) is 0 Å². The second-order valence-corrected chi connectivity index (χ2v) is 7.76. The van der Waals surface area contributed by atoms with Gasteiger partial charge in [0, 0.05) is 45.2 Å². The first-order valence-corrected chi connectivity index (χ1v) is 9.07. The Morgan fingerprint density at radius 2 is 2.16 bits per heavy atom. The zero-order valence-corrected chi connectivity index (χ0v) is 15.5. The predicted octanol–water partition coefficient (Wildman–Crippen LogP) is 1.41. The molecule has 3 heterocycles. The van der Waals surface area contributed by atoms with Crippen LogP contribution in [-0.4, -0.2) is 71.3 Å². The number of amides is 1. The molecule has 1 amide bonds. The molecule has 1 aromatic heterocycles. The lowest BCUT2D eigenvalue weighted by Crippen LogP contribution is -2.45. The topological polar surface area (TPSA) is 67.7 Å². The molecule has 1 aromatic rings. The number of likely N-dealkylation sites (tertiary alicyclic amines) is 1. The SMILES string of the molecule is CN(C)CC1CC2(CCN(C(=O)CCn3cc(Cl)cn3)CC2)C(=O)O1.